The van der Waals surface area contributed by atoms with E-state index in [1.807, 2.05) is 31.2 Å². The van der Waals surface area contributed by atoms with Crippen LogP contribution in [0.2, 0.25) is 0 Å². The van der Waals surface area contributed by atoms with Crippen molar-refractivity contribution in [2.75, 3.05) is 7.11 Å². The normalized spacial score (nSPS) is 12.2. The fraction of sp³-hybridized carbons (Fsp3) is 0.250. The van der Waals surface area contributed by atoms with Gasteiger partial charge < -0.3 is 10.1 Å². The fourth-order valence-electron chi connectivity index (χ4n) is 2.09. The highest BCUT2D eigenvalue weighted by molar-refractivity contribution is 5.35. The molecule has 0 heterocycles. The summed E-state index contributed by atoms with van der Waals surface area (Å²) in [5.74, 6) is -0.323. The molecule has 0 spiro atoms. The topological polar surface area (TPSA) is 21.3 Å². The van der Waals surface area contributed by atoms with E-state index in [1.54, 1.807) is 7.11 Å². The first kappa shape index (κ1) is 14.5. The number of hydrogen-bond donors (Lipinski definition) is 1. The molecule has 0 aliphatic heterocycles. The van der Waals surface area contributed by atoms with E-state index in [0.717, 1.165) is 11.3 Å². The number of ether oxygens (including phenoxy) is 1. The Morgan fingerprint density at radius 3 is 2.35 bits per heavy atom. The van der Waals surface area contributed by atoms with Crippen LogP contribution in [-0.4, -0.2) is 7.11 Å². The van der Waals surface area contributed by atoms with Crippen molar-refractivity contribution in [2.45, 2.75) is 19.5 Å². The molecule has 0 saturated heterocycles. The maximum Gasteiger partial charge on any atom is 0.130 e. The van der Waals surface area contributed by atoms with Crippen LogP contribution in [0.1, 0.15) is 24.1 Å². The smallest absolute Gasteiger partial charge is 0.130 e. The molecule has 1 N–H and O–H groups in total. The minimum absolute atomic E-state index is 0.0502. The third kappa shape index (κ3) is 3.14. The Hall–Kier alpha value is -1.94. The molecule has 4 heteroatoms. The quantitative estimate of drug-likeness (QED) is 0.897. The zero-order valence-corrected chi connectivity index (χ0v) is 11.5. The lowest BCUT2D eigenvalue weighted by molar-refractivity contribution is 0.400. The van der Waals surface area contributed by atoms with Crippen molar-refractivity contribution >= 4 is 0 Å². The Morgan fingerprint density at radius 1 is 1.05 bits per heavy atom. The summed E-state index contributed by atoms with van der Waals surface area (Å²) in [4.78, 5) is 0. The molecular weight excluding hydrogens is 260 g/mol. The molecule has 0 aromatic heterocycles. The maximum absolute atomic E-state index is 13.5. The van der Waals surface area contributed by atoms with Crippen LogP contribution in [0.4, 0.5) is 8.78 Å². The monoisotopic (exact) mass is 277 g/mol. The van der Waals surface area contributed by atoms with Crippen molar-refractivity contribution in [2.24, 2.45) is 0 Å². The Bertz CT molecular complexity index is 566. The summed E-state index contributed by atoms with van der Waals surface area (Å²) in [5, 5.41) is 3.11. The lowest BCUT2D eigenvalue weighted by Crippen LogP contribution is -2.20. The van der Waals surface area contributed by atoms with Gasteiger partial charge in [-0.15, -0.1) is 0 Å². The Kier molecular flexibility index (Phi) is 4.69. The summed E-state index contributed by atoms with van der Waals surface area (Å²) >= 11 is 0. The summed E-state index contributed by atoms with van der Waals surface area (Å²) in [5.41, 5.74) is 1.00. The lowest BCUT2D eigenvalue weighted by Gasteiger charge is -2.17. The van der Waals surface area contributed by atoms with E-state index in [-0.39, 0.29) is 18.2 Å². The molecule has 2 nitrogen and oxygen atoms in total. The second kappa shape index (κ2) is 6.48. The summed E-state index contributed by atoms with van der Waals surface area (Å²) < 4.78 is 32.4. The van der Waals surface area contributed by atoms with Crippen molar-refractivity contribution < 1.29 is 13.5 Å². The number of halogens is 2. The molecule has 0 fully saturated rings. The minimum Gasteiger partial charge on any atom is -0.496 e. The van der Waals surface area contributed by atoms with Crippen LogP contribution in [0.25, 0.3) is 0 Å². The molecule has 0 radical (unpaired) electrons. The zero-order chi connectivity index (χ0) is 14.5. The van der Waals surface area contributed by atoms with Crippen molar-refractivity contribution in [3.8, 4) is 5.75 Å². The van der Waals surface area contributed by atoms with Gasteiger partial charge in [-0.2, -0.15) is 0 Å². The van der Waals surface area contributed by atoms with Crippen molar-refractivity contribution in [1.82, 2.24) is 5.32 Å². The largest absolute Gasteiger partial charge is 0.496 e. The molecule has 2 aromatic carbocycles. The van der Waals surface area contributed by atoms with Crippen LogP contribution in [0.15, 0.2) is 42.5 Å². The second-order valence-electron chi connectivity index (χ2n) is 4.54. The molecule has 0 saturated carbocycles. The summed E-state index contributed by atoms with van der Waals surface area (Å²) in [6, 6.07) is 11.4. The molecule has 0 aliphatic carbocycles. The highest BCUT2D eigenvalue weighted by Gasteiger charge is 2.13. The van der Waals surface area contributed by atoms with Crippen LogP contribution < -0.4 is 10.1 Å². The number of methoxy groups -OCH3 is 1. The first-order valence-electron chi connectivity index (χ1n) is 6.42. The van der Waals surface area contributed by atoms with Gasteiger partial charge in [0.2, 0.25) is 0 Å². The summed E-state index contributed by atoms with van der Waals surface area (Å²) in [6.07, 6.45) is 0. The summed E-state index contributed by atoms with van der Waals surface area (Å²) in [7, 11) is 1.60. The van der Waals surface area contributed by atoms with Crippen molar-refractivity contribution in [3.63, 3.8) is 0 Å². The van der Waals surface area contributed by atoms with Gasteiger partial charge in [0, 0.05) is 23.7 Å². The SMILES string of the molecule is COc1ccccc1C(C)NCc1c(F)cccc1F. The average Bonchev–Trinajstić information content (AvgIpc) is 2.46. The van der Waals surface area contributed by atoms with Gasteiger partial charge in [0.1, 0.15) is 17.4 Å². The first-order valence-corrected chi connectivity index (χ1v) is 6.42. The first-order chi connectivity index (χ1) is 9.63. The van der Waals surface area contributed by atoms with E-state index in [4.69, 9.17) is 4.74 Å². The lowest BCUT2D eigenvalue weighted by atomic mass is 10.1. The van der Waals surface area contributed by atoms with Gasteiger partial charge in [-0.1, -0.05) is 24.3 Å². The van der Waals surface area contributed by atoms with Gasteiger partial charge in [-0.05, 0) is 25.1 Å². The number of rotatable bonds is 5. The van der Waals surface area contributed by atoms with Gasteiger partial charge in [0.05, 0.1) is 7.11 Å². The molecule has 2 rings (SSSR count). The van der Waals surface area contributed by atoms with Gasteiger partial charge in [-0.25, -0.2) is 8.78 Å². The number of para-hydroxylation sites is 1. The molecule has 2 aromatic rings. The van der Waals surface area contributed by atoms with E-state index in [9.17, 15) is 8.78 Å². The number of benzene rings is 2. The molecule has 106 valence electrons. The van der Waals surface area contributed by atoms with Crippen LogP contribution in [0.3, 0.4) is 0 Å². The van der Waals surface area contributed by atoms with Gasteiger partial charge in [-0.3, -0.25) is 0 Å². The fourth-order valence-corrected chi connectivity index (χ4v) is 2.09. The van der Waals surface area contributed by atoms with Gasteiger partial charge in [0.15, 0.2) is 0 Å². The van der Waals surface area contributed by atoms with E-state index in [1.165, 1.54) is 18.2 Å². The molecule has 20 heavy (non-hydrogen) atoms. The predicted octanol–water partition coefficient (Wildman–Crippen LogP) is 3.82. The Labute approximate surface area is 117 Å². The predicted molar refractivity (Wildman–Crippen MR) is 74.6 cm³/mol. The molecular formula is C16H17F2NO. The molecule has 1 unspecified atom stereocenters. The van der Waals surface area contributed by atoms with Gasteiger partial charge in [0.25, 0.3) is 0 Å². The summed E-state index contributed by atoms with van der Waals surface area (Å²) in [6.45, 7) is 2.05. The number of hydrogen-bond acceptors (Lipinski definition) is 2. The second-order valence-corrected chi connectivity index (χ2v) is 4.54. The van der Waals surface area contributed by atoms with E-state index >= 15 is 0 Å². The van der Waals surface area contributed by atoms with Crippen molar-refractivity contribution in [3.05, 3.63) is 65.2 Å². The maximum atomic E-state index is 13.5. The molecule has 0 aliphatic rings. The van der Waals surface area contributed by atoms with Crippen LogP contribution >= 0.6 is 0 Å². The van der Waals surface area contributed by atoms with Crippen LogP contribution in [0.5, 0.6) is 5.75 Å². The van der Waals surface area contributed by atoms with E-state index < -0.39 is 11.6 Å². The Morgan fingerprint density at radius 2 is 1.70 bits per heavy atom. The average molecular weight is 277 g/mol. The van der Waals surface area contributed by atoms with E-state index in [0.29, 0.717) is 0 Å². The molecule has 1 atom stereocenters. The highest BCUT2D eigenvalue weighted by atomic mass is 19.1. The zero-order valence-electron chi connectivity index (χ0n) is 11.5. The third-order valence-electron chi connectivity index (χ3n) is 3.25. The Balaban J connectivity index is 2.11. The van der Waals surface area contributed by atoms with Gasteiger partial charge >= 0.3 is 0 Å². The minimum atomic E-state index is -0.537. The number of nitrogens with one attached hydrogen (secondary N) is 1. The standard InChI is InChI=1S/C16H17F2NO/c1-11(12-6-3-4-9-16(12)20-2)19-10-13-14(17)7-5-8-15(13)18/h3-9,11,19H,10H2,1-2H3. The molecule has 0 amide bonds. The van der Waals surface area contributed by atoms with Crippen LogP contribution in [-0.2, 0) is 6.54 Å². The van der Waals surface area contributed by atoms with Crippen molar-refractivity contribution in [1.29, 1.82) is 0 Å². The highest BCUT2D eigenvalue weighted by Crippen LogP contribution is 2.24. The molecule has 0 bridgehead atoms. The third-order valence-corrected chi connectivity index (χ3v) is 3.25. The van der Waals surface area contributed by atoms with E-state index in [2.05, 4.69) is 5.32 Å². The van der Waals surface area contributed by atoms with Crippen LogP contribution in [0, 0.1) is 11.6 Å².